The Morgan fingerprint density at radius 1 is 1.25 bits per heavy atom. The number of amides is 2. The van der Waals surface area contributed by atoms with Gasteiger partial charge in [0.25, 0.3) is 5.91 Å². The third-order valence-corrected chi connectivity index (χ3v) is 4.03. The van der Waals surface area contributed by atoms with Crippen molar-refractivity contribution in [2.24, 2.45) is 5.92 Å². The number of ether oxygens (including phenoxy) is 2. The first-order valence-electron chi connectivity index (χ1n) is 8.01. The highest BCUT2D eigenvalue weighted by atomic mass is 19.1. The van der Waals surface area contributed by atoms with E-state index in [2.05, 4.69) is 10.6 Å². The van der Waals surface area contributed by atoms with Gasteiger partial charge in [0, 0.05) is 38.8 Å². The second-order valence-corrected chi connectivity index (χ2v) is 5.71. The van der Waals surface area contributed by atoms with Gasteiger partial charge in [0.1, 0.15) is 5.82 Å². The van der Waals surface area contributed by atoms with Gasteiger partial charge < -0.3 is 20.1 Å². The highest BCUT2D eigenvalue weighted by Crippen LogP contribution is 2.21. The summed E-state index contributed by atoms with van der Waals surface area (Å²) in [7, 11) is 1.62. The first-order valence-corrected chi connectivity index (χ1v) is 8.01. The molecule has 1 aliphatic heterocycles. The first kappa shape index (κ1) is 18.4. The molecule has 132 valence electrons. The minimum atomic E-state index is -0.388. The van der Waals surface area contributed by atoms with E-state index in [1.165, 1.54) is 24.3 Å². The summed E-state index contributed by atoms with van der Waals surface area (Å²) in [6.45, 7) is 1.81. The smallest absolute Gasteiger partial charge is 0.251 e. The number of carbonyl (C=O) groups excluding carboxylic acids is 2. The maximum atomic E-state index is 12.8. The van der Waals surface area contributed by atoms with Crippen LogP contribution in [0.5, 0.6) is 0 Å². The lowest BCUT2D eigenvalue weighted by molar-refractivity contribution is -0.126. The summed E-state index contributed by atoms with van der Waals surface area (Å²) in [5.74, 6) is -0.605. The van der Waals surface area contributed by atoms with Crippen LogP contribution in [0.3, 0.4) is 0 Å². The number of nitrogens with one attached hydrogen (secondary N) is 2. The zero-order valence-electron chi connectivity index (χ0n) is 13.7. The Morgan fingerprint density at radius 2 is 1.96 bits per heavy atom. The molecule has 1 aromatic carbocycles. The zero-order valence-corrected chi connectivity index (χ0v) is 13.7. The van der Waals surface area contributed by atoms with Crippen molar-refractivity contribution in [1.82, 2.24) is 10.6 Å². The van der Waals surface area contributed by atoms with Gasteiger partial charge in [0.2, 0.25) is 5.91 Å². The third kappa shape index (κ3) is 5.58. The molecule has 7 heteroatoms. The molecule has 2 atom stereocenters. The fourth-order valence-corrected chi connectivity index (χ4v) is 2.64. The van der Waals surface area contributed by atoms with E-state index >= 15 is 0 Å². The molecule has 0 radical (unpaired) electrons. The van der Waals surface area contributed by atoms with Gasteiger partial charge in [-0.25, -0.2) is 4.39 Å². The highest BCUT2D eigenvalue weighted by Gasteiger charge is 2.27. The van der Waals surface area contributed by atoms with Crippen LogP contribution >= 0.6 is 0 Å². The van der Waals surface area contributed by atoms with Crippen LogP contribution < -0.4 is 10.6 Å². The molecule has 1 heterocycles. The average molecular weight is 338 g/mol. The highest BCUT2D eigenvalue weighted by molar-refractivity contribution is 5.94. The van der Waals surface area contributed by atoms with Crippen LogP contribution in [-0.4, -0.2) is 51.3 Å². The molecule has 0 saturated carbocycles. The van der Waals surface area contributed by atoms with Gasteiger partial charge >= 0.3 is 0 Å². The molecule has 1 saturated heterocycles. The van der Waals surface area contributed by atoms with Gasteiger partial charge in [-0.3, -0.25) is 9.59 Å². The van der Waals surface area contributed by atoms with Crippen molar-refractivity contribution in [1.29, 1.82) is 0 Å². The van der Waals surface area contributed by atoms with Gasteiger partial charge in [-0.05, 0) is 36.6 Å². The molecule has 0 aliphatic carbocycles. The minimum absolute atomic E-state index is 0.0531. The van der Waals surface area contributed by atoms with Crippen molar-refractivity contribution in [3.8, 4) is 0 Å². The molecule has 0 aromatic heterocycles. The van der Waals surface area contributed by atoms with Crippen molar-refractivity contribution >= 4 is 11.8 Å². The number of rotatable bonds is 7. The van der Waals surface area contributed by atoms with E-state index in [9.17, 15) is 14.0 Å². The second kappa shape index (κ2) is 9.34. The van der Waals surface area contributed by atoms with E-state index in [4.69, 9.17) is 9.47 Å². The lowest BCUT2D eigenvalue weighted by Crippen LogP contribution is -2.39. The minimum Gasteiger partial charge on any atom is -0.379 e. The van der Waals surface area contributed by atoms with Gasteiger partial charge in [-0.2, -0.15) is 0 Å². The molecule has 0 unspecified atom stereocenters. The first-order chi connectivity index (χ1) is 11.6. The van der Waals surface area contributed by atoms with Gasteiger partial charge in [-0.1, -0.05) is 0 Å². The van der Waals surface area contributed by atoms with E-state index in [1.54, 1.807) is 7.11 Å². The number of benzene rings is 1. The van der Waals surface area contributed by atoms with Crippen LogP contribution in [0, 0.1) is 11.7 Å². The van der Waals surface area contributed by atoms with Crippen LogP contribution in [0.25, 0.3) is 0 Å². The molecule has 2 N–H and O–H groups in total. The van der Waals surface area contributed by atoms with Gasteiger partial charge in [0.15, 0.2) is 0 Å². The van der Waals surface area contributed by atoms with Crippen LogP contribution in [0.15, 0.2) is 24.3 Å². The molecular formula is C17H23FN2O4. The van der Waals surface area contributed by atoms with Crippen LogP contribution in [0.4, 0.5) is 4.39 Å². The number of carbonyl (C=O) groups is 2. The van der Waals surface area contributed by atoms with Gasteiger partial charge in [-0.15, -0.1) is 0 Å². The summed E-state index contributed by atoms with van der Waals surface area (Å²) in [5, 5.41) is 5.46. The van der Waals surface area contributed by atoms with E-state index in [1.807, 2.05) is 0 Å². The zero-order chi connectivity index (χ0) is 17.4. The number of halogens is 1. The van der Waals surface area contributed by atoms with E-state index in [-0.39, 0.29) is 29.7 Å². The lowest BCUT2D eigenvalue weighted by atomic mass is 9.93. The van der Waals surface area contributed by atoms with E-state index in [0.717, 1.165) is 6.42 Å². The quantitative estimate of drug-likeness (QED) is 0.731. The summed E-state index contributed by atoms with van der Waals surface area (Å²) in [5.41, 5.74) is 0.382. The molecule has 1 aromatic rings. The van der Waals surface area contributed by atoms with Crippen LogP contribution in [0.1, 0.15) is 23.2 Å². The predicted molar refractivity (Wildman–Crippen MR) is 86.1 cm³/mol. The summed E-state index contributed by atoms with van der Waals surface area (Å²) >= 11 is 0. The Morgan fingerprint density at radius 3 is 2.67 bits per heavy atom. The maximum absolute atomic E-state index is 12.8. The molecule has 6 nitrogen and oxygen atoms in total. The Hall–Kier alpha value is -1.99. The molecule has 0 bridgehead atoms. The standard InChI is InChI=1S/C17H23FN2O4/c1-23-15-11-24-9-6-13(15)10-16(21)19-7-8-20-17(22)12-2-4-14(18)5-3-12/h2-5,13,15H,6-11H2,1H3,(H,19,21)(H,20,22)/t13-,15-/m1/s1. The fourth-order valence-electron chi connectivity index (χ4n) is 2.64. The summed E-state index contributed by atoms with van der Waals surface area (Å²) in [6, 6.07) is 5.30. The molecule has 2 amide bonds. The molecular weight excluding hydrogens is 315 g/mol. The Bertz CT molecular complexity index is 550. The summed E-state index contributed by atoms with van der Waals surface area (Å²) in [4.78, 5) is 23.8. The Balaban J connectivity index is 1.65. The largest absolute Gasteiger partial charge is 0.379 e. The monoisotopic (exact) mass is 338 g/mol. The van der Waals surface area contributed by atoms with Crippen molar-refractivity contribution in [2.75, 3.05) is 33.4 Å². The Kier molecular flexibility index (Phi) is 7.14. The predicted octanol–water partition coefficient (Wildman–Crippen LogP) is 1.11. The molecule has 1 fully saturated rings. The van der Waals surface area contributed by atoms with Crippen molar-refractivity contribution in [3.05, 3.63) is 35.6 Å². The Labute approximate surface area is 140 Å². The molecule has 24 heavy (non-hydrogen) atoms. The molecule has 1 aliphatic rings. The van der Waals surface area contributed by atoms with E-state index in [0.29, 0.717) is 38.3 Å². The SMILES string of the molecule is CO[C@@H]1COCC[C@@H]1CC(=O)NCCNC(=O)c1ccc(F)cc1. The third-order valence-electron chi connectivity index (χ3n) is 4.03. The maximum Gasteiger partial charge on any atom is 0.251 e. The number of hydrogen-bond acceptors (Lipinski definition) is 4. The van der Waals surface area contributed by atoms with Crippen LogP contribution in [-0.2, 0) is 14.3 Å². The van der Waals surface area contributed by atoms with Crippen molar-refractivity contribution in [3.63, 3.8) is 0 Å². The van der Waals surface area contributed by atoms with E-state index < -0.39 is 0 Å². The molecule has 2 rings (SSSR count). The van der Waals surface area contributed by atoms with Crippen LogP contribution in [0.2, 0.25) is 0 Å². The summed E-state index contributed by atoms with van der Waals surface area (Å²) in [6.07, 6.45) is 1.13. The average Bonchev–Trinajstić information content (AvgIpc) is 2.59. The number of hydrogen-bond donors (Lipinski definition) is 2. The van der Waals surface area contributed by atoms with Gasteiger partial charge in [0.05, 0.1) is 12.7 Å². The lowest BCUT2D eigenvalue weighted by Gasteiger charge is -2.29. The summed E-state index contributed by atoms with van der Waals surface area (Å²) < 4.78 is 23.5. The molecule has 0 spiro atoms. The normalized spacial score (nSPS) is 20.4. The second-order valence-electron chi connectivity index (χ2n) is 5.71. The van der Waals surface area contributed by atoms with Crippen molar-refractivity contribution in [2.45, 2.75) is 18.9 Å². The fraction of sp³-hybridized carbons (Fsp3) is 0.529. The number of methoxy groups -OCH3 is 1. The topological polar surface area (TPSA) is 76.7 Å². The van der Waals surface area contributed by atoms with Crippen molar-refractivity contribution < 1.29 is 23.5 Å².